The molecule has 2 nitrogen and oxygen atoms in total. The Morgan fingerprint density at radius 3 is 2.80 bits per heavy atom. The predicted octanol–water partition coefficient (Wildman–Crippen LogP) is 0.709. The van der Waals surface area contributed by atoms with Crippen LogP contribution in [0.3, 0.4) is 0 Å². The zero-order chi connectivity index (χ0) is 7.56. The summed E-state index contributed by atoms with van der Waals surface area (Å²) in [5.74, 6) is 0.537. The molecule has 0 aliphatic carbocycles. The van der Waals surface area contributed by atoms with Crippen LogP contribution in [-0.2, 0) is 0 Å². The second kappa shape index (κ2) is 3.35. The lowest BCUT2D eigenvalue weighted by Gasteiger charge is -2.15. The van der Waals surface area contributed by atoms with E-state index in [2.05, 4.69) is 11.9 Å². The SMILES string of the molecule is CCC(O)C1CCN(C)C1. The smallest absolute Gasteiger partial charge is 0.0578 e. The highest BCUT2D eigenvalue weighted by molar-refractivity contribution is 4.77. The van der Waals surface area contributed by atoms with Crippen LogP contribution in [0.1, 0.15) is 19.8 Å². The third kappa shape index (κ3) is 1.70. The molecule has 1 heterocycles. The van der Waals surface area contributed by atoms with Gasteiger partial charge in [0.2, 0.25) is 0 Å². The van der Waals surface area contributed by atoms with Crippen molar-refractivity contribution in [3.63, 3.8) is 0 Å². The van der Waals surface area contributed by atoms with Gasteiger partial charge >= 0.3 is 0 Å². The van der Waals surface area contributed by atoms with E-state index in [-0.39, 0.29) is 6.10 Å². The third-order valence-corrected chi connectivity index (χ3v) is 2.39. The van der Waals surface area contributed by atoms with Crippen LogP contribution in [0.25, 0.3) is 0 Å². The van der Waals surface area contributed by atoms with Gasteiger partial charge in [0, 0.05) is 6.54 Å². The lowest BCUT2D eigenvalue weighted by atomic mass is 10.00. The van der Waals surface area contributed by atoms with Crippen molar-refractivity contribution < 1.29 is 5.11 Å². The van der Waals surface area contributed by atoms with E-state index in [4.69, 9.17) is 0 Å². The van der Waals surface area contributed by atoms with Crippen LogP contribution in [0.2, 0.25) is 0 Å². The van der Waals surface area contributed by atoms with Crippen LogP contribution < -0.4 is 0 Å². The van der Waals surface area contributed by atoms with Gasteiger partial charge in [-0.05, 0) is 32.4 Å². The summed E-state index contributed by atoms with van der Waals surface area (Å²) in [6.45, 7) is 4.28. The summed E-state index contributed by atoms with van der Waals surface area (Å²) in [4.78, 5) is 2.28. The zero-order valence-corrected chi connectivity index (χ0v) is 6.88. The van der Waals surface area contributed by atoms with Crippen LogP contribution >= 0.6 is 0 Å². The zero-order valence-electron chi connectivity index (χ0n) is 6.88. The fourth-order valence-corrected chi connectivity index (χ4v) is 1.62. The van der Waals surface area contributed by atoms with Crippen molar-refractivity contribution in [2.24, 2.45) is 5.92 Å². The van der Waals surface area contributed by atoms with Gasteiger partial charge in [-0.25, -0.2) is 0 Å². The Balaban J connectivity index is 2.29. The highest BCUT2D eigenvalue weighted by Crippen LogP contribution is 2.19. The number of likely N-dealkylation sites (tertiary alicyclic amines) is 1. The largest absolute Gasteiger partial charge is 0.393 e. The molecule has 0 aromatic carbocycles. The third-order valence-electron chi connectivity index (χ3n) is 2.39. The normalized spacial score (nSPS) is 30.9. The Hall–Kier alpha value is -0.0800. The molecule has 2 unspecified atom stereocenters. The average molecular weight is 143 g/mol. The minimum absolute atomic E-state index is 0.0649. The quantitative estimate of drug-likeness (QED) is 0.615. The molecule has 0 aromatic heterocycles. The number of hydrogen-bond donors (Lipinski definition) is 1. The Kier molecular flexibility index (Phi) is 2.69. The van der Waals surface area contributed by atoms with Gasteiger partial charge in [0.25, 0.3) is 0 Å². The molecule has 1 fully saturated rings. The lowest BCUT2D eigenvalue weighted by Crippen LogP contribution is -2.22. The molecule has 0 radical (unpaired) electrons. The summed E-state index contributed by atoms with van der Waals surface area (Å²) in [5, 5.41) is 9.45. The Bertz CT molecular complexity index is 105. The molecule has 1 aliphatic rings. The van der Waals surface area contributed by atoms with E-state index >= 15 is 0 Å². The van der Waals surface area contributed by atoms with Gasteiger partial charge in [0.1, 0.15) is 0 Å². The molecule has 2 heteroatoms. The minimum Gasteiger partial charge on any atom is -0.393 e. The molecule has 1 rings (SSSR count). The maximum Gasteiger partial charge on any atom is 0.0578 e. The lowest BCUT2D eigenvalue weighted by molar-refractivity contribution is 0.108. The fourth-order valence-electron chi connectivity index (χ4n) is 1.62. The molecule has 2 atom stereocenters. The first-order chi connectivity index (χ1) is 4.74. The summed E-state index contributed by atoms with van der Waals surface area (Å²) in [6.07, 6.45) is 2.01. The molecule has 0 spiro atoms. The van der Waals surface area contributed by atoms with Crippen molar-refractivity contribution in [3.05, 3.63) is 0 Å². The first-order valence-corrected chi connectivity index (χ1v) is 4.10. The van der Waals surface area contributed by atoms with Crippen molar-refractivity contribution in [2.45, 2.75) is 25.9 Å². The van der Waals surface area contributed by atoms with Crippen molar-refractivity contribution in [3.8, 4) is 0 Å². The topological polar surface area (TPSA) is 23.5 Å². The summed E-state index contributed by atoms with van der Waals surface area (Å²) in [6, 6.07) is 0. The Morgan fingerprint density at radius 1 is 1.70 bits per heavy atom. The summed E-state index contributed by atoms with van der Waals surface area (Å²) >= 11 is 0. The van der Waals surface area contributed by atoms with Crippen molar-refractivity contribution in [1.82, 2.24) is 4.90 Å². The van der Waals surface area contributed by atoms with E-state index in [9.17, 15) is 5.11 Å². The van der Waals surface area contributed by atoms with E-state index < -0.39 is 0 Å². The van der Waals surface area contributed by atoms with Crippen molar-refractivity contribution in [2.75, 3.05) is 20.1 Å². The van der Waals surface area contributed by atoms with Crippen molar-refractivity contribution in [1.29, 1.82) is 0 Å². The maximum atomic E-state index is 9.45. The van der Waals surface area contributed by atoms with E-state index in [0.717, 1.165) is 19.5 Å². The molecule has 0 amide bonds. The van der Waals surface area contributed by atoms with Gasteiger partial charge in [-0.15, -0.1) is 0 Å². The minimum atomic E-state index is -0.0649. The number of aliphatic hydroxyl groups excluding tert-OH is 1. The molecule has 0 saturated carbocycles. The number of nitrogens with zero attached hydrogens (tertiary/aromatic N) is 1. The second-order valence-corrected chi connectivity index (χ2v) is 3.29. The molecule has 0 aromatic rings. The van der Waals surface area contributed by atoms with Crippen LogP contribution in [0.15, 0.2) is 0 Å². The van der Waals surface area contributed by atoms with Gasteiger partial charge in [0.05, 0.1) is 6.10 Å². The Labute approximate surface area is 62.8 Å². The number of hydrogen-bond acceptors (Lipinski definition) is 2. The van der Waals surface area contributed by atoms with Crippen LogP contribution in [0, 0.1) is 5.92 Å². The van der Waals surface area contributed by atoms with Crippen LogP contribution in [-0.4, -0.2) is 36.2 Å². The van der Waals surface area contributed by atoms with Crippen LogP contribution in [0.4, 0.5) is 0 Å². The highest BCUT2D eigenvalue weighted by Gasteiger charge is 2.24. The second-order valence-electron chi connectivity index (χ2n) is 3.29. The summed E-state index contributed by atoms with van der Waals surface area (Å²) in [7, 11) is 2.11. The van der Waals surface area contributed by atoms with E-state index in [1.54, 1.807) is 0 Å². The van der Waals surface area contributed by atoms with Crippen molar-refractivity contribution >= 4 is 0 Å². The molecule has 1 aliphatic heterocycles. The van der Waals surface area contributed by atoms with Gasteiger partial charge in [-0.3, -0.25) is 0 Å². The Morgan fingerprint density at radius 2 is 2.40 bits per heavy atom. The molecule has 10 heavy (non-hydrogen) atoms. The fraction of sp³-hybridized carbons (Fsp3) is 1.00. The number of aliphatic hydroxyl groups is 1. The van der Waals surface area contributed by atoms with Gasteiger partial charge < -0.3 is 10.0 Å². The van der Waals surface area contributed by atoms with Gasteiger partial charge in [-0.1, -0.05) is 6.92 Å². The maximum absolute atomic E-state index is 9.45. The molecular weight excluding hydrogens is 126 g/mol. The van der Waals surface area contributed by atoms with Gasteiger partial charge in [-0.2, -0.15) is 0 Å². The first-order valence-electron chi connectivity index (χ1n) is 4.10. The monoisotopic (exact) mass is 143 g/mol. The van der Waals surface area contributed by atoms with Crippen LogP contribution in [0.5, 0.6) is 0 Å². The van der Waals surface area contributed by atoms with E-state index in [1.807, 2.05) is 6.92 Å². The molecule has 1 saturated heterocycles. The van der Waals surface area contributed by atoms with E-state index in [0.29, 0.717) is 5.92 Å². The molecule has 60 valence electrons. The summed E-state index contributed by atoms with van der Waals surface area (Å²) in [5.41, 5.74) is 0. The molecule has 0 bridgehead atoms. The summed E-state index contributed by atoms with van der Waals surface area (Å²) < 4.78 is 0. The first kappa shape index (κ1) is 8.02. The standard InChI is InChI=1S/C8H17NO/c1-3-8(10)7-4-5-9(2)6-7/h7-8,10H,3-6H2,1-2H3. The predicted molar refractivity (Wildman–Crippen MR) is 41.9 cm³/mol. The average Bonchev–Trinajstić information content (AvgIpc) is 2.34. The molecule has 1 N–H and O–H groups in total. The molecular formula is C8H17NO. The van der Waals surface area contributed by atoms with E-state index in [1.165, 1.54) is 6.42 Å². The highest BCUT2D eigenvalue weighted by atomic mass is 16.3. The number of rotatable bonds is 2. The van der Waals surface area contributed by atoms with Gasteiger partial charge in [0.15, 0.2) is 0 Å².